The third-order valence-corrected chi connectivity index (χ3v) is 6.18. The summed E-state index contributed by atoms with van der Waals surface area (Å²) in [7, 11) is 0. The minimum absolute atomic E-state index is 0.00539. The topological polar surface area (TPSA) is 137 Å². The van der Waals surface area contributed by atoms with E-state index in [1.165, 1.54) is 22.9 Å². The summed E-state index contributed by atoms with van der Waals surface area (Å²) in [6.07, 6.45) is 1.32. The van der Waals surface area contributed by atoms with Crippen LogP contribution in [0.5, 0.6) is 5.75 Å². The predicted octanol–water partition coefficient (Wildman–Crippen LogP) is 3.24. The molecular weight excluding hydrogens is 538 g/mol. The molecule has 208 valence electrons. The fourth-order valence-electron chi connectivity index (χ4n) is 4.06. The quantitative estimate of drug-likeness (QED) is 0.299. The molecule has 2 aromatic heterocycles. The third-order valence-electron chi connectivity index (χ3n) is 5.93. The van der Waals surface area contributed by atoms with E-state index in [0.717, 1.165) is 20.3 Å². The fourth-order valence-corrected chi connectivity index (χ4v) is 4.19. The van der Waals surface area contributed by atoms with Crippen molar-refractivity contribution in [2.45, 2.75) is 46.5 Å². The van der Waals surface area contributed by atoms with E-state index in [-0.39, 0.29) is 30.7 Å². The van der Waals surface area contributed by atoms with Gasteiger partial charge in [0.1, 0.15) is 12.3 Å². The van der Waals surface area contributed by atoms with Crippen LogP contribution in [0, 0.1) is 6.92 Å². The summed E-state index contributed by atoms with van der Waals surface area (Å²) in [5.41, 5.74) is 0.0254. The van der Waals surface area contributed by atoms with Crippen LogP contribution in [0.1, 0.15) is 30.5 Å². The molecule has 0 aliphatic rings. The Labute approximate surface area is 233 Å². The van der Waals surface area contributed by atoms with Crippen LogP contribution < -0.4 is 27.0 Å². The van der Waals surface area contributed by atoms with Crippen LogP contribution in [-0.4, -0.2) is 35.9 Å². The Morgan fingerprint density at radius 3 is 2.42 bits per heavy atom. The number of aliphatic carboxylic acids is 1. The van der Waals surface area contributed by atoms with Gasteiger partial charge in [0.15, 0.2) is 0 Å². The zero-order valence-electron chi connectivity index (χ0n) is 22.1. The highest BCUT2D eigenvalue weighted by Gasteiger charge is 2.17. The number of aryl methyl sites for hydroxylation is 1. The van der Waals surface area contributed by atoms with Crippen LogP contribution in [0.3, 0.4) is 0 Å². The summed E-state index contributed by atoms with van der Waals surface area (Å²) in [6.45, 7) is 4.85. The van der Waals surface area contributed by atoms with Crippen LogP contribution in [0.15, 0.2) is 75.2 Å². The first-order valence-corrected chi connectivity index (χ1v) is 12.8. The number of pyridine rings is 1. The molecule has 0 fully saturated rings. The van der Waals surface area contributed by atoms with E-state index in [2.05, 4.69) is 10.3 Å². The van der Waals surface area contributed by atoms with E-state index in [1.54, 1.807) is 36.4 Å². The molecule has 0 aliphatic carbocycles. The van der Waals surface area contributed by atoms with Crippen LogP contribution in [0.25, 0.3) is 0 Å². The summed E-state index contributed by atoms with van der Waals surface area (Å²) in [4.78, 5) is 54.8. The minimum Gasteiger partial charge on any atom is -0.491 e. The molecule has 2 heterocycles. The van der Waals surface area contributed by atoms with Crippen LogP contribution in [0.4, 0.5) is 11.6 Å². The number of halogens is 1. The summed E-state index contributed by atoms with van der Waals surface area (Å²) in [5, 5.41) is 12.7. The first-order chi connectivity index (χ1) is 19.0. The van der Waals surface area contributed by atoms with Gasteiger partial charge in [0.05, 0.1) is 19.2 Å². The maximum absolute atomic E-state index is 13.7. The number of benzene rings is 2. The van der Waals surface area contributed by atoms with Crippen molar-refractivity contribution < 1.29 is 14.6 Å². The van der Waals surface area contributed by atoms with Gasteiger partial charge in [-0.2, -0.15) is 4.98 Å². The number of nitrogens with one attached hydrogen (secondary N) is 1. The van der Waals surface area contributed by atoms with Crippen molar-refractivity contribution >= 4 is 29.2 Å². The molecule has 0 spiro atoms. The molecule has 0 radical (unpaired) electrons. The van der Waals surface area contributed by atoms with Crippen LogP contribution in [-0.2, 0) is 24.4 Å². The first-order valence-electron chi connectivity index (χ1n) is 12.4. The van der Waals surface area contributed by atoms with Gasteiger partial charge in [-0.15, -0.1) is 0 Å². The summed E-state index contributed by atoms with van der Waals surface area (Å²) < 4.78 is 8.91. The molecule has 12 heteroatoms. The van der Waals surface area contributed by atoms with Gasteiger partial charge in [-0.05, 0) is 68.3 Å². The smallest absolute Gasteiger partial charge is 0.355 e. The lowest BCUT2D eigenvalue weighted by Crippen LogP contribution is -2.44. The molecule has 0 saturated heterocycles. The van der Waals surface area contributed by atoms with Gasteiger partial charge >= 0.3 is 17.3 Å². The highest BCUT2D eigenvalue weighted by atomic mass is 35.5. The molecule has 4 rings (SSSR count). The van der Waals surface area contributed by atoms with Crippen molar-refractivity contribution in [1.82, 2.24) is 18.7 Å². The van der Waals surface area contributed by atoms with Gasteiger partial charge in [-0.1, -0.05) is 29.8 Å². The number of hydrogen-bond donors (Lipinski definition) is 2. The summed E-state index contributed by atoms with van der Waals surface area (Å²) in [5.74, 6) is -0.480. The highest BCUT2D eigenvalue weighted by Crippen LogP contribution is 2.24. The van der Waals surface area contributed by atoms with Crippen molar-refractivity contribution in [3.8, 4) is 5.75 Å². The van der Waals surface area contributed by atoms with E-state index < -0.39 is 29.5 Å². The third kappa shape index (κ3) is 6.67. The number of rotatable bonds is 10. The molecule has 0 unspecified atom stereocenters. The second-order valence-corrected chi connectivity index (χ2v) is 9.87. The number of nitrogens with zero attached hydrogens (tertiary/aromatic N) is 4. The molecule has 0 atom stereocenters. The molecular formula is C28H28ClN5O6. The molecule has 0 saturated carbocycles. The normalized spacial score (nSPS) is 11.0. The number of anilines is 2. The Kier molecular flexibility index (Phi) is 8.54. The molecule has 2 N–H and O–H groups in total. The highest BCUT2D eigenvalue weighted by molar-refractivity contribution is 6.30. The standard InChI is InChI=1S/C28H28ClN5O6/c1-17(2)40-23-11-10-22(13-18(23)3)30-26-31-27(38)34(15-20-5-4-12-32(25(20)37)16-24(35)36)28(39)33(26)14-19-6-8-21(29)9-7-19/h4-13,17H,14-16H2,1-3H3,(H,35,36)(H,30,31,38). The van der Waals surface area contributed by atoms with Crippen molar-refractivity contribution in [3.63, 3.8) is 0 Å². The summed E-state index contributed by atoms with van der Waals surface area (Å²) >= 11 is 6.02. The Morgan fingerprint density at radius 1 is 1.05 bits per heavy atom. The minimum atomic E-state index is -1.20. The van der Waals surface area contributed by atoms with E-state index in [9.17, 15) is 19.2 Å². The number of hydrogen-bond acceptors (Lipinski definition) is 7. The number of carbonyl (C=O) groups is 1. The Hall–Kier alpha value is -4.64. The van der Waals surface area contributed by atoms with Crippen molar-refractivity contribution in [1.29, 1.82) is 0 Å². The van der Waals surface area contributed by atoms with Crippen LogP contribution >= 0.6 is 11.6 Å². The number of carboxylic acids is 1. The van der Waals surface area contributed by atoms with Crippen molar-refractivity contribution in [2.75, 3.05) is 5.32 Å². The van der Waals surface area contributed by atoms with Gasteiger partial charge < -0.3 is 19.7 Å². The predicted molar refractivity (Wildman–Crippen MR) is 151 cm³/mol. The molecule has 11 nitrogen and oxygen atoms in total. The van der Waals surface area contributed by atoms with Gasteiger partial charge in [-0.25, -0.2) is 14.2 Å². The molecule has 0 bridgehead atoms. The average Bonchev–Trinajstić information content (AvgIpc) is 2.88. The van der Waals surface area contributed by atoms with Gasteiger partial charge in [0.2, 0.25) is 5.95 Å². The first kappa shape index (κ1) is 28.4. The fraction of sp³-hybridized carbons (Fsp3) is 0.250. The van der Waals surface area contributed by atoms with E-state index in [4.69, 9.17) is 21.4 Å². The maximum Gasteiger partial charge on any atom is 0.355 e. The van der Waals surface area contributed by atoms with Crippen LogP contribution in [0.2, 0.25) is 5.02 Å². The lowest BCUT2D eigenvalue weighted by molar-refractivity contribution is -0.137. The largest absolute Gasteiger partial charge is 0.491 e. The lowest BCUT2D eigenvalue weighted by Gasteiger charge is -2.17. The zero-order valence-corrected chi connectivity index (χ0v) is 22.9. The zero-order chi connectivity index (χ0) is 29.0. The number of ether oxygens (including phenoxy) is 1. The Bertz CT molecular complexity index is 1720. The Balaban J connectivity index is 1.77. The van der Waals surface area contributed by atoms with Gasteiger partial charge in [-0.3, -0.25) is 14.2 Å². The lowest BCUT2D eigenvalue weighted by atomic mass is 10.2. The number of carboxylic acid groups (broad SMARTS) is 1. The monoisotopic (exact) mass is 565 g/mol. The average molecular weight is 566 g/mol. The molecule has 0 aliphatic heterocycles. The summed E-state index contributed by atoms with van der Waals surface area (Å²) in [6, 6.07) is 15.1. The Morgan fingerprint density at radius 2 is 1.77 bits per heavy atom. The van der Waals surface area contributed by atoms with Crippen molar-refractivity contribution in [3.05, 3.63) is 114 Å². The molecule has 40 heavy (non-hydrogen) atoms. The molecule has 2 aromatic carbocycles. The van der Waals surface area contributed by atoms with Gasteiger partial charge in [0, 0.05) is 22.5 Å². The second kappa shape index (κ2) is 12.0. The second-order valence-electron chi connectivity index (χ2n) is 9.43. The van der Waals surface area contributed by atoms with Crippen molar-refractivity contribution in [2.24, 2.45) is 0 Å². The molecule has 0 amide bonds. The van der Waals surface area contributed by atoms with Gasteiger partial charge in [0.25, 0.3) is 5.56 Å². The SMILES string of the molecule is Cc1cc(Nc2nc(=O)n(Cc3cccn(CC(=O)O)c3=O)c(=O)n2Cc2ccc(Cl)cc2)ccc1OC(C)C. The van der Waals surface area contributed by atoms with E-state index in [0.29, 0.717) is 16.5 Å². The maximum atomic E-state index is 13.7. The molecule has 4 aromatic rings. The van der Waals surface area contributed by atoms with E-state index >= 15 is 0 Å². The van der Waals surface area contributed by atoms with E-state index in [1.807, 2.05) is 26.8 Å². The number of aromatic nitrogens is 4.